The highest BCUT2D eigenvalue weighted by atomic mass is 14.7. The monoisotopic (exact) mass is 273 g/mol. The van der Waals surface area contributed by atoms with Gasteiger partial charge in [0, 0.05) is 6.04 Å². The maximum absolute atomic E-state index is 6.79. The Morgan fingerprint density at radius 1 is 0.750 bits per heavy atom. The van der Waals surface area contributed by atoms with Gasteiger partial charge in [0.2, 0.25) is 0 Å². The molecule has 1 heteroatoms. The lowest BCUT2D eigenvalue weighted by Crippen LogP contribution is -2.35. The zero-order valence-electron chi connectivity index (χ0n) is 14.2. The van der Waals surface area contributed by atoms with Crippen molar-refractivity contribution in [2.45, 2.75) is 79.7 Å². The van der Waals surface area contributed by atoms with E-state index in [4.69, 9.17) is 5.73 Å². The van der Waals surface area contributed by atoms with Crippen molar-refractivity contribution in [3.8, 4) is 0 Å². The smallest absolute Gasteiger partial charge is 0.0354 e. The molecule has 1 unspecified atom stereocenters. The van der Waals surface area contributed by atoms with Crippen molar-refractivity contribution in [1.82, 2.24) is 0 Å². The first kappa shape index (κ1) is 15.6. The Morgan fingerprint density at radius 2 is 1.15 bits per heavy atom. The zero-order chi connectivity index (χ0) is 15.1. The second-order valence-electron chi connectivity index (χ2n) is 7.23. The Labute approximate surface area is 125 Å². The molecule has 0 amide bonds. The van der Waals surface area contributed by atoms with Gasteiger partial charge in [0.05, 0.1) is 0 Å². The van der Waals surface area contributed by atoms with E-state index in [1.54, 1.807) is 0 Å². The van der Waals surface area contributed by atoms with Gasteiger partial charge in [-0.3, -0.25) is 0 Å². The van der Waals surface area contributed by atoms with Crippen molar-refractivity contribution >= 4 is 0 Å². The van der Waals surface area contributed by atoms with E-state index in [-0.39, 0.29) is 11.5 Å². The number of benzene rings is 1. The molecule has 2 N–H and O–H groups in total. The summed E-state index contributed by atoms with van der Waals surface area (Å²) in [6.45, 7) is 13.7. The molecular formula is C19H31N. The molecule has 1 aliphatic carbocycles. The maximum Gasteiger partial charge on any atom is 0.0354 e. The van der Waals surface area contributed by atoms with Crippen LogP contribution in [0.4, 0.5) is 0 Å². The fourth-order valence-electron chi connectivity index (χ4n) is 4.01. The summed E-state index contributed by atoms with van der Waals surface area (Å²) in [7, 11) is 0. The Kier molecular flexibility index (Phi) is 4.30. The van der Waals surface area contributed by atoms with Gasteiger partial charge >= 0.3 is 0 Å². The van der Waals surface area contributed by atoms with Crippen LogP contribution in [-0.4, -0.2) is 0 Å². The maximum atomic E-state index is 6.79. The van der Waals surface area contributed by atoms with Crippen LogP contribution < -0.4 is 5.73 Å². The number of hydrogen-bond acceptors (Lipinski definition) is 1. The highest BCUT2D eigenvalue weighted by molar-refractivity contribution is 5.51. The quantitative estimate of drug-likeness (QED) is 0.787. The third kappa shape index (κ3) is 2.41. The minimum absolute atomic E-state index is 0.181. The Hall–Kier alpha value is -0.820. The lowest BCUT2D eigenvalue weighted by molar-refractivity contribution is 0.169. The molecule has 1 aliphatic rings. The van der Waals surface area contributed by atoms with Crippen LogP contribution in [0.15, 0.2) is 0 Å². The average Bonchev–Trinajstić information content (AvgIpc) is 2.44. The second kappa shape index (κ2) is 5.52. The van der Waals surface area contributed by atoms with E-state index in [0.29, 0.717) is 0 Å². The predicted octanol–water partition coefficient (Wildman–Crippen LogP) is 5.20. The van der Waals surface area contributed by atoms with Gasteiger partial charge in [-0.2, -0.15) is 0 Å². The van der Waals surface area contributed by atoms with E-state index in [2.05, 4.69) is 41.5 Å². The van der Waals surface area contributed by atoms with Gasteiger partial charge in [0.25, 0.3) is 0 Å². The van der Waals surface area contributed by atoms with Crippen LogP contribution in [0.2, 0.25) is 0 Å². The topological polar surface area (TPSA) is 26.0 Å². The summed E-state index contributed by atoms with van der Waals surface area (Å²) in [6, 6.07) is 0.181. The number of nitrogens with two attached hydrogens (primary N) is 1. The first-order valence-electron chi connectivity index (χ1n) is 8.12. The fraction of sp³-hybridized carbons (Fsp3) is 0.684. The van der Waals surface area contributed by atoms with E-state index in [0.717, 1.165) is 0 Å². The van der Waals surface area contributed by atoms with Crippen LogP contribution in [-0.2, 0) is 0 Å². The van der Waals surface area contributed by atoms with Crippen molar-refractivity contribution in [3.63, 3.8) is 0 Å². The summed E-state index contributed by atoms with van der Waals surface area (Å²) in [4.78, 5) is 0. The van der Waals surface area contributed by atoms with E-state index in [9.17, 15) is 0 Å². The van der Waals surface area contributed by atoms with Crippen LogP contribution in [0.5, 0.6) is 0 Å². The predicted molar refractivity (Wildman–Crippen MR) is 88.2 cm³/mol. The first-order valence-corrected chi connectivity index (χ1v) is 8.12. The van der Waals surface area contributed by atoms with E-state index in [1.165, 1.54) is 65.5 Å². The van der Waals surface area contributed by atoms with Crippen molar-refractivity contribution in [1.29, 1.82) is 0 Å². The molecule has 0 aromatic heterocycles. The third-order valence-corrected chi connectivity index (χ3v) is 6.12. The summed E-state index contributed by atoms with van der Waals surface area (Å²) in [5.41, 5.74) is 15.6. The van der Waals surface area contributed by atoms with Crippen LogP contribution >= 0.6 is 0 Å². The zero-order valence-corrected chi connectivity index (χ0v) is 14.2. The number of rotatable bonds is 2. The summed E-state index contributed by atoms with van der Waals surface area (Å²) < 4.78 is 0. The van der Waals surface area contributed by atoms with Crippen molar-refractivity contribution < 1.29 is 0 Å². The normalized spacial score (nSPS) is 19.9. The molecule has 1 aromatic rings. The molecule has 1 atom stereocenters. The molecule has 1 fully saturated rings. The molecule has 20 heavy (non-hydrogen) atoms. The van der Waals surface area contributed by atoms with Gasteiger partial charge in [0.15, 0.2) is 0 Å². The van der Waals surface area contributed by atoms with Gasteiger partial charge in [-0.1, -0.05) is 26.2 Å². The molecule has 2 rings (SSSR count). The highest BCUT2D eigenvalue weighted by Crippen LogP contribution is 2.46. The Bertz CT molecular complexity index is 478. The standard InChI is InChI=1S/C19H31N/c1-12-13(2)15(4)17(16(5)14(12)3)18(20)19(6)10-8-7-9-11-19/h18H,7-11,20H2,1-6H3. The third-order valence-electron chi connectivity index (χ3n) is 6.12. The van der Waals surface area contributed by atoms with Gasteiger partial charge in [-0.25, -0.2) is 0 Å². The van der Waals surface area contributed by atoms with Gasteiger partial charge < -0.3 is 5.73 Å². The van der Waals surface area contributed by atoms with Crippen LogP contribution in [0.25, 0.3) is 0 Å². The van der Waals surface area contributed by atoms with E-state index >= 15 is 0 Å². The van der Waals surface area contributed by atoms with Gasteiger partial charge in [0.1, 0.15) is 0 Å². The summed E-state index contributed by atoms with van der Waals surface area (Å²) >= 11 is 0. The van der Waals surface area contributed by atoms with Crippen LogP contribution in [0, 0.1) is 40.0 Å². The molecule has 0 radical (unpaired) electrons. The summed E-state index contributed by atoms with van der Waals surface area (Å²) in [6.07, 6.45) is 6.61. The van der Waals surface area contributed by atoms with Gasteiger partial charge in [-0.05, 0) is 86.3 Å². The fourth-order valence-corrected chi connectivity index (χ4v) is 4.01. The average molecular weight is 273 g/mol. The molecule has 1 saturated carbocycles. The molecule has 0 aliphatic heterocycles. The first-order chi connectivity index (χ1) is 9.29. The van der Waals surface area contributed by atoms with Crippen molar-refractivity contribution in [2.75, 3.05) is 0 Å². The molecule has 0 heterocycles. The van der Waals surface area contributed by atoms with Gasteiger partial charge in [-0.15, -0.1) is 0 Å². The molecule has 0 spiro atoms. The SMILES string of the molecule is Cc1c(C)c(C)c(C(N)C2(C)CCCCC2)c(C)c1C. The summed E-state index contributed by atoms with van der Waals surface area (Å²) in [5, 5.41) is 0. The molecule has 1 aromatic carbocycles. The van der Waals surface area contributed by atoms with E-state index < -0.39 is 0 Å². The summed E-state index contributed by atoms with van der Waals surface area (Å²) in [5.74, 6) is 0. The molecule has 1 nitrogen and oxygen atoms in total. The van der Waals surface area contributed by atoms with Crippen molar-refractivity contribution in [2.24, 2.45) is 11.1 Å². The van der Waals surface area contributed by atoms with Crippen LogP contribution in [0.1, 0.15) is 78.5 Å². The van der Waals surface area contributed by atoms with Crippen molar-refractivity contribution in [3.05, 3.63) is 33.4 Å². The Morgan fingerprint density at radius 3 is 1.60 bits per heavy atom. The Balaban J connectivity index is 2.52. The van der Waals surface area contributed by atoms with E-state index in [1.807, 2.05) is 0 Å². The molecular weight excluding hydrogens is 242 g/mol. The van der Waals surface area contributed by atoms with Crippen LogP contribution in [0.3, 0.4) is 0 Å². The minimum atomic E-state index is 0.181. The lowest BCUT2D eigenvalue weighted by atomic mass is 9.67. The highest BCUT2D eigenvalue weighted by Gasteiger charge is 2.36. The second-order valence-corrected chi connectivity index (χ2v) is 7.23. The minimum Gasteiger partial charge on any atom is -0.323 e. The largest absolute Gasteiger partial charge is 0.323 e. The molecule has 0 bridgehead atoms. The molecule has 112 valence electrons. The lowest BCUT2D eigenvalue weighted by Gasteiger charge is -2.41. The molecule has 0 saturated heterocycles. The number of hydrogen-bond donors (Lipinski definition) is 1.